The fourth-order valence-electron chi connectivity index (χ4n) is 6.92. The molecule has 0 bridgehead atoms. The highest BCUT2D eigenvalue weighted by Gasteiger charge is 2.24. The van der Waals surface area contributed by atoms with Crippen LogP contribution in [0.15, 0.2) is 39.9 Å². The first-order chi connectivity index (χ1) is 26.9. The quantitative estimate of drug-likeness (QED) is 0.0804. The minimum absolute atomic E-state index is 0.0359. The van der Waals surface area contributed by atoms with E-state index in [4.69, 9.17) is 39.0 Å². The van der Waals surface area contributed by atoms with E-state index in [2.05, 4.69) is 9.97 Å². The Morgan fingerprint density at radius 3 is 1.60 bits per heavy atom. The Morgan fingerprint density at radius 2 is 1.15 bits per heavy atom. The summed E-state index contributed by atoms with van der Waals surface area (Å²) < 4.78 is 29.0. The van der Waals surface area contributed by atoms with E-state index in [1.165, 1.54) is 36.3 Å². The number of aromatic nitrogens is 4. The second-order valence-corrected chi connectivity index (χ2v) is 13.9. The van der Waals surface area contributed by atoms with Crippen LogP contribution in [0.4, 0.5) is 0 Å². The van der Waals surface area contributed by atoms with Crippen molar-refractivity contribution in [3.05, 3.63) is 56.7 Å². The predicted molar refractivity (Wildman–Crippen MR) is 208 cm³/mol. The van der Waals surface area contributed by atoms with Crippen molar-refractivity contribution in [1.29, 1.82) is 0 Å². The number of aliphatic hydroxyl groups excluding tert-OH is 2. The third kappa shape index (κ3) is 15.4. The maximum Gasteiger partial charge on any atom is 0.332 e. The molecule has 0 radical (unpaired) electrons. The molecular formula is C40H60N4O11. The number of hydrogen-bond donors (Lipinski definition) is 4. The molecule has 0 saturated heterocycles. The lowest BCUT2D eigenvalue weighted by atomic mass is 9.89. The first kappa shape index (κ1) is 44.0. The van der Waals surface area contributed by atoms with Gasteiger partial charge in [-0.2, -0.15) is 0 Å². The van der Waals surface area contributed by atoms with Gasteiger partial charge >= 0.3 is 11.7 Å². The smallest absolute Gasteiger partial charge is 0.332 e. The maximum absolute atomic E-state index is 13.7. The van der Waals surface area contributed by atoms with Gasteiger partial charge < -0.3 is 44.0 Å². The van der Waals surface area contributed by atoms with E-state index in [0.717, 1.165) is 55.7 Å². The molecule has 5 rings (SSSR count). The van der Waals surface area contributed by atoms with Gasteiger partial charge in [-0.05, 0) is 49.2 Å². The Kier molecular flexibility index (Phi) is 20.4. The van der Waals surface area contributed by atoms with Crippen LogP contribution in [-0.4, -0.2) is 120 Å². The third-order valence-corrected chi connectivity index (χ3v) is 9.76. The number of carboxylic acid groups (broad SMARTS) is 1. The van der Waals surface area contributed by atoms with Gasteiger partial charge in [-0.3, -0.25) is 13.9 Å². The molecular weight excluding hydrogens is 712 g/mol. The fourth-order valence-corrected chi connectivity index (χ4v) is 6.92. The average Bonchev–Trinajstić information content (AvgIpc) is 3.66. The summed E-state index contributed by atoms with van der Waals surface area (Å²) in [5, 5.41) is 25.8. The van der Waals surface area contributed by atoms with Crippen LogP contribution >= 0.6 is 0 Å². The molecule has 0 atom stereocenters. The lowest BCUT2D eigenvalue weighted by molar-refractivity contribution is -0.131. The van der Waals surface area contributed by atoms with E-state index in [9.17, 15) is 14.4 Å². The molecule has 3 aromatic rings. The number of fused-ring (bicyclic) bond motifs is 1. The summed E-state index contributed by atoms with van der Waals surface area (Å²) in [7, 11) is 0. The normalized spacial score (nSPS) is 15.5. The molecule has 15 heteroatoms. The van der Waals surface area contributed by atoms with Crippen LogP contribution in [0, 0.1) is 11.8 Å². The van der Waals surface area contributed by atoms with Crippen molar-refractivity contribution in [3.63, 3.8) is 0 Å². The Bertz CT molecular complexity index is 1660. The molecule has 2 saturated carbocycles. The standard InChI is InChI=1S/C28H34N4O4.C12H26O7/c33-23(34)16-13-19-11-14-22(15-12-19)25-29-24-26(30-25)31(17-20-7-3-1-4-8-20)28(36)32(27(24)35)18-21-9-5-2-6-10-21;13-1-3-15-5-7-17-9-11-19-12-10-18-8-6-16-4-2-14/h11-16,20-21H,1-10,17-18H2,(H,29,30)(H,33,34);13-14H,1-12H2/b16-13+;. The fraction of sp³-hybridized carbons (Fsp3) is 0.650. The molecule has 55 heavy (non-hydrogen) atoms. The number of carboxylic acids is 1. The summed E-state index contributed by atoms with van der Waals surface area (Å²) in [6, 6.07) is 7.28. The molecule has 2 aliphatic carbocycles. The number of rotatable bonds is 23. The van der Waals surface area contributed by atoms with Crippen LogP contribution in [0.5, 0.6) is 0 Å². The molecule has 2 aromatic heterocycles. The van der Waals surface area contributed by atoms with Crippen molar-refractivity contribution in [2.75, 3.05) is 79.3 Å². The summed E-state index contributed by atoms with van der Waals surface area (Å²) in [6.45, 7) is 5.87. The Hall–Kier alpha value is -3.70. The lowest BCUT2D eigenvalue weighted by Crippen LogP contribution is -2.42. The van der Waals surface area contributed by atoms with Crippen LogP contribution in [-0.2, 0) is 41.6 Å². The number of benzene rings is 1. The lowest BCUT2D eigenvalue weighted by Gasteiger charge is -2.24. The van der Waals surface area contributed by atoms with Crippen LogP contribution < -0.4 is 11.2 Å². The van der Waals surface area contributed by atoms with Crippen molar-refractivity contribution in [2.24, 2.45) is 11.8 Å². The molecule has 2 aliphatic rings. The van der Waals surface area contributed by atoms with Crippen LogP contribution in [0.3, 0.4) is 0 Å². The number of ether oxygens (including phenoxy) is 5. The van der Waals surface area contributed by atoms with E-state index in [-0.39, 0.29) is 24.5 Å². The van der Waals surface area contributed by atoms with Gasteiger partial charge in [0.05, 0.1) is 79.3 Å². The highest BCUT2D eigenvalue weighted by molar-refractivity contribution is 5.85. The van der Waals surface area contributed by atoms with Crippen molar-refractivity contribution >= 4 is 23.2 Å². The maximum atomic E-state index is 13.7. The van der Waals surface area contributed by atoms with Gasteiger partial charge in [0, 0.05) is 24.7 Å². The van der Waals surface area contributed by atoms with E-state index in [0.29, 0.717) is 108 Å². The van der Waals surface area contributed by atoms with Gasteiger partial charge in [0.25, 0.3) is 5.56 Å². The van der Waals surface area contributed by atoms with Gasteiger partial charge in [-0.1, -0.05) is 62.8 Å². The molecule has 0 unspecified atom stereocenters. The number of aliphatic hydroxyl groups is 2. The largest absolute Gasteiger partial charge is 0.478 e. The molecule has 0 aliphatic heterocycles. The molecule has 0 spiro atoms. The molecule has 4 N–H and O–H groups in total. The summed E-state index contributed by atoms with van der Waals surface area (Å²) in [4.78, 5) is 45.9. The number of aliphatic carboxylic acids is 1. The van der Waals surface area contributed by atoms with Crippen molar-refractivity contribution < 1.29 is 43.8 Å². The predicted octanol–water partition coefficient (Wildman–Crippen LogP) is 3.87. The summed E-state index contributed by atoms with van der Waals surface area (Å²) in [6.07, 6.45) is 14.1. The molecule has 306 valence electrons. The highest BCUT2D eigenvalue weighted by Crippen LogP contribution is 2.27. The summed E-state index contributed by atoms with van der Waals surface area (Å²) >= 11 is 0. The SMILES string of the molecule is O=C(O)/C=C/c1ccc(-c2nc3c(=O)n(CC4CCCCC4)c(=O)n(CC4CCCCC4)c3[nH]2)cc1.OCCOCCOCCOCCOCCOCCO. The second-order valence-electron chi connectivity index (χ2n) is 13.9. The van der Waals surface area contributed by atoms with Crippen LogP contribution in [0.25, 0.3) is 28.6 Å². The second kappa shape index (κ2) is 25.5. The molecule has 15 nitrogen and oxygen atoms in total. The minimum atomic E-state index is -1.00. The Labute approximate surface area is 322 Å². The van der Waals surface area contributed by atoms with Crippen LogP contribution in [0.1, 0.15) is 69.8 Å². The number of imidazole rings is 1. The van der Waals surface area contributed by atoms with Gasteiger partial charge in [0.1, 0.15) is 11.5 Å². The molecule has 2 fully saturated rings. The van der Waals surface area contributed by atoms with Crippen molar-refractivity contribution in [2.45, 2.75) is 77.3 Å². The number of nitrogens with one attached hydrogen (secondary N) is 1. The zero-order chi connectivity index (χ0) is 39.1. The van der Waals surface area contributed by atoms with Gasteiger partial charge in [0.2, 0.25) is 0 Å². The first-order valence-electron chi connectivity index (χ1n) is 19.8. The Balaban J connectivity index is 0.000000302. The van der Waals surface area contributed by atoms with E-state index in [1.54, 1.807) is 16.7 Å². The van der Waals surface area contributed by atoms with E-state index < -0.39 is 5.97 Å². The number of H-pyrrole nitrogens is 1. The third-order valence-electron chi connectivity index (χ3n) is 9.76. The van der Waals surface area contributed by atoms with Gasteiger partial charge in [0.15, 0.2) is 5.52 Å². The summed E-state index contributed by atoms with van der Waals surface area (Å²) in [5.41, 5.74) is 1.79. The topological polar surface area (TPSA) is 197 Å². The molecule has 0 amide bonds. The number of hydrogen-bond acceptors (Lipinski definition) is 11. The summed E-state index contributed by atoms with van der Waals surface area (Å²) in [5.74, 6) is 0.307. The average molecular weight is 773 g/mol. The molecule has 2 heterocycles. The first-order valence-corrected chi connectivity index (χ1v) is 19.8. The van der Waals surface area contributed by atoms with E-state index in [1.807, 2.05) is 12.1 Å². The van der Waals surface area contributed by atoms with E-state index >= 15 is 0 Å². The Morgan fingerprint density at radius 1 is 0.691 bits per heavy atom. The number of aromatic amines is 1. The number of carbonyl (C=O) groups is 1. The molecule has 1 aromatic carbocycles. The van der Waals surface area contributed by atoms with Gasteiger partial charge in [-0.25, -0.2) is 14.6 Å². The van der Waals surface area contributed by atoms with Crippen molar-refractivity contribution in [3.8, 4) is 11.4 Å². The zero-order valence-corrected chi connectivity index (χ0v) is 32.0. The highest BCUT2D eigenvalue weighted by atomic mass is 16.6. The monoisotopic (exact) mass is 772 g/mol. The zero-order valence-electron chi connectivity index (χ0n) is 32.0. The van der Waals surface area contributed by atoms with Crippen LogP contribution in [0.2, 0.25) is 0 Å². The van der Waals surface area contributed by atoms with Gasteiger partial charge in [-0.15, -0.1) is 0 Å². The number of nitrogens with zero attached hydrogens (tertiary/aromatic N) is 3. The van der Waals surface area contributed by atoms with Crippen molar-refractivity contribution in [1.82, 2.24) is 19.1 Å². The minimum Gasteiger partial charge on any atom is -0.478 e.